The molecule has 0 fully saturated rings. The molecule has 0 saturated heterocycles. The van der Waals surface area contributed by atoms with E-state index in [-0.39, 0.29) is 17.9 Å². The van der Waals surface area contributed by atoms with Crippen molar-refractivity contribution in [3.05, 3.63) is 28.0 Å². The highest BCUT2D eigenvalue weighted by Gasteiger charge is 2.25. The van der Waals surface area contributed by atoms with Crippen LogP contribution in [-0.2, 0) is 9.53 Å². The Hall–Kier alpha value is -1.10. The predicted octanol–water partition coefficient (Wildman–Crippen LogP) is 2.97. The van der Waals surface area contributed by atoms with E-state index in [0.717, 1.165) is 0 Å². The van der Waals surface area contributed by atoms with Gasteiger partial charge in [-0.25, -0.2) is 4.39 Å². The number of benzene rings is 1. The maximum atomic E-state index is 13.3. The minimum absolute atomic E-state index is 0.342. The lowest BCUT2D eigenvalue weighted by Crippen LogP contribution is -2.18. The third-order valence-electron chi connectivity index (χ3n) is 2.35. The van der Waals surface area contributed by atoms with Crippen molar-refractivity contribution in [3.63, 3.8) is 0 Å². The van der Waals surface area contributed by atoms with Gasteiger partial charge >= 0.3 is 5.97 Å². The van der Waals surface area contributed by atoms with Gasteiger partial charge in [0.25, 0.3) is 0 Å². The summed E-state index contributed by atoms with van der Waals surface area (Å²) >= 11 is 3.10. The smallest absolute Gasteiger partial charge is 0.303 e. The first-order valence-corrected chi connectivity index (χ1v) is 5.66. The third-order valence-corrected chi connectivity index (χ3v) is 2.95. The van der Waals surface area contributed by atoms with E-state index < -0.39 is 0 Å². The van der Waals surface area contributed by atoms with Crippen molar-refractivity contribution in [3.8, 4) is 5.75 Å². The molecular formula is C11H10BrFO3. The number of hydrogen-bond donors (Lipinski definition) is 0. The fourth-order valence-electron chi connectivity index (χ4n) is 1.67. The van der Waals surface area contributed by atoms with Crippen LogP contribution in [0.25, 0.3) is 0 Å². The molecule has 0 bridgehead atoms. The number of ether oxygens (including phenoxy) is 2. The van der Waals surface area contributed by atoms with Crippen LogP contribution in [0, 0.1) is 5.82 Å². The summed E-state index contributed by atoms with van der Waals surface area (Å²) in [6.45, 7) is 1.78. The van der Waals surface area contributed by atoms with Crippen LogP contribution in [-0.4, -0.2) is 12.6 Å². The van der Waals surface area contributed by atoms with Crippen molar-refractivity contribution in [2.75, 3.05) is 6.61 Å². The van der Waals surface area contributed by atoms with E-state index in [1.54, 1.807) is 6.07 Å². The minimum atomic E-state index is -0.387. The Morgan fingerprint density at radius 2 is 2.38 bits per heavy atom. The van der Waals surface area contributed by atoms with Gasteiger partial charge in [-0.2, -0.15) is 0 Å². The SMILES string of the molecule is CC(=O)OC1CCOc2cc(F)c(Br)cc21. The van der Waals surface area contributed by atoms with Gasteiger partial charge in [0.05, 0.1) is 11.1 Å². The molecule has 1 aromatic rings. The van der Waals surface area contributed by atoms with E-state index in [1.165, 1.54) is 13.0 Å². The maximum Gasteiger partial charge on any atom is 0.303 e. The van der Waals surface area contributed by atoms with Crippen molar-refractivity contribution >= 4 is 21.9 Å². The number of esters is 1. The first-order valence-electron chi connectivity index (χ1n) is 4.87. The second kappa shape index (κ2) is 4.41. The molecule has 1 aliphatic heterocycles. The third kappa shape index (κ3) is 2.19. The van der Waals surface area contributed by atoms with Gasteiger partial charge in [-0.3, -0.25) is 4.79 Å². The van der Waals surface area contributed by atoms with Crippen molar-refractivity contribution in [1.29, 1.82) is 0 Å². The number of hydrogen-bond acceptors (Lipinski definition) is 3. The van der Waals surface area contributed by atoms with Crippen LogP contribution in [0.2, 0.25) is 0 Å². The Kier molecular flexibility index (Phi) is 3.14. The summed E-state index contributed by atoms with van der Waals surface area (Å²) in [5, 5.41) is 0. The molecule has 0 amide bonds. The number of fused-ring (bicyclic) bond motifs is 1. The number of halogens is 2. The van der Waals surface area contributed by atoms with Crippen LogP contribution >= 0.6 is 15.9 Å². The Balaban J connectivity index is 2.37. The summed E-state index contributed by atoms with van der Waals surface area (Å²) in [6.07, 6.45) is 0.239. The van der Waals surface area contributed by atoms with E-state index >= 15 is 0 Å². The molecule has 0 spiro atoms. The molecule has 0 aromatic heterocycles. The lowest BCUT2D eigenvalue weighted by molar-refractivity contribution is -0.148. The zero-order chi connectivity index (χ0) is 11.7. The molecule has 2 rings (SSSR count). The maximum absolute atomic E-state index is 13.3. The molecule has 1 atom stereocenters. The molecule has 0 N–H and O–H groups in total. The molecular weight excluding hydrogens is 279 g/mol. The fraction of sp³-hybridized carbons (Fsp3) is 0.364. The Morgan fingerprint density at radius 1 is 1.62 bits per heavy atom. The molecule has 1 unspecified atom stereocenters. The van der Waals surface area contributed by atoms with Crippen molar-refractivity contribution in [2.45, 2.75) is 19.4 Å². The highest BCUT2D eigenvalue weighted by atomic mass is 79.9. The van der Waals surface area contributed by atoms with E-state index in [4.69, 9.17) is 9.47 Å². The van der Waals surface area contributed by atoms with Gasteiger partial charge in [0, 0.05) is 25.0 Å². The standard InChI is InChI=1S/C11H10BrFO3/c1-6(14)16-10-2-3-15-11-5-9(13)8(12)4-7(10)11/h4-5,10H,2-3H2,1H3. The molecule has 5 heteroatoms. The molecule has 0 radical (unpaired) electrons. The second-order valence-corrected chi connectivity index (χ2v) is 4.39. The lowest BCUT2D eigenvalue weighted by atomic mass is 10.0. The van der Waals surface area contributed by atoms with Crippen molar-refractivity contribution in [2.24, 2.45) is 0 Å². The number of carbonyl (C=O) groups excluding carboxylic acids is 1. The Morgan fingerprint density at radius 3 is 3.06 bits per heavy atom. The number of rotatable bonds is 1. The van der Waals surface area contributed by atoms with Gasteiger partial charge in [0.1, 0.15) is 17.7 Å². The van der Waals surface area contributed by atoms with Crippen LogP contribution in [0.4, 0.5) is 4.39 Å². The van der Waals surface area contributed by atoms with Gasteiger partial charge in [-0.15, -0.1) is 0 Å². The van der Waals surface area contributed by atoms with Crippen molar-refractivity contribution in [1.82, 2.24) is 0 Å². The molecule has 1 heterocycles. The van der Waals surface area contributed by atoms with E-state index in [1.807, 2.05) is 0 Å². The minimum Gasteiger partial charge on any atom is -0.493 e. The zero-order valence-electron chi connectivity index (χ0n) is 8.63. The topological polar surface area (TPSA) is 35.5 Å². The summed E-state index contributed by atoms with van der Waals surface area (Å²) in [5.41, 5.74) is 0.703. The van der Waals surface area contributed by atoms with Crippen LogP contribution in [0.5, 0.6) is 5.75 Å². The molecule has 16 heavy (non-hydrogen) atoms. The van der Waals surface area contributed by atoms with Gasteiger partial charge in [-0.05, 0) is 22.0 Å². The molecule has 3 nitrogen and oxygen atoms in total. The molecule has 0 saturated carbocycles. The average molecular weight is 289 g/mol. The van der Waals surface area contributed by atoms with Gasteiger partial charge in [-0.1, -0.05) is 0 Å². The second-order valence-electron chi connectivity index (χ2n) is 3.54. The molecule has 1 aliphatic rings. The van der Waals surface area contributed by atoms with Crippen LogP contribution in [0.15, 0.2) is 16.6 Å². The van der Waals surface area contributed by atoms with E-state index in [9.17, 15) is 9.18 Å². The first-order chi connectivity index (χ1) is 7.58. The Bertz CT molecular complexity index is 433. The zero-order valence-corrected chi connectivity index (χ0v) is 10.2. The lowest BCUT2D eigenvalue weighted by Gasteiger charge is -2.25. The summed E-state index contributed by atoms with van der Waals surface area (Å²) in [4.78, 5) is 10.9. The highest BCUT2D eigenvalue weighted by Crippen LogP contribution is 2.37. The van der Waals surface area contributed by atoms with E-state index in [2.05, 4.69) is 15.9 Å². The summed E-state index contributed by atoms with van der Waals surface area (Å²) in [7, 11) is 0. The quantitative estimate of drug-likeness (QED) is 0.746. The van der Waals surface area contributed by atoms with Gasteiger partial charge in [0.2, 0.25) is 0 Å². The highest BCUT2D eigenvalue weighted by molar-refractivity contribution is 9.10. The van der Waals surface area contributed by atoms with E-state index in [0.29, 0.717) is 28.8 Å². The van der Waals surface area contributed by atoms with Crippen LogP contribution < -0.4 is 4.74 Å². The summed E-state index contributed by atoms with van der Waals surface area (Å²) in [5.74, 6) is -0.293. The molecule has 1 aromatic carbocycles. The normalized spacial score (nSPS) is 18.6. The first kappa shape index (κ1) is 11.4. The average Bonchev–Trinajstić information content (AvgIpc) is 2.20. The molecule has 0 aliphatic carbocycles. The van der Waals surface area contributed by atoms with Crippen LogP contribution in [0.1, 0.15) is 25.0 Å². The predicted molar refractivity (Wildman–Crippen MR) is 58.7 cm³/mol. The Labute approximate surface area is 101 Å². The summed E-state index contributed by atoms with van der Waals surface area (Å²) in [6, 6.07) is 2.90. The summed E-state index contributed by atoms with van der Waals surface area (Å²) < 4.78 is 24.1. The number of carbonyl (C=O) groups is 1. The van der Waals surface area contributed by atoms with Gasteiger partial charge in [0.15, 0.2) is 0 Å². The van der Waals surface area contributed by atoms with Gasteiger partial charge < -0.3 is 9.47 Å². The van der Waals surface area contributed by atoms with Crippen LogP contribution in [0.3, 0.4) is 0 Å². The molecule has 86 valence electrons. The monoisotopic (exact) mass is 288 g/mol. The van der Waals surface area contributed by atoms with Crippen molar-refractivity contribution < 1.29 is 18.7 Å². The largest absolute Gasteiger partial charge is 0.493 e. The fourth-order valence-corrected chi connectivity index (χ4v) is 2.04.